The SMILES string of the molecule is CC(=O)N1CCc2c(c(N3CC(C(C)(C)C)N(C(=O)O)c4cc(-c5cnn(C)c5)ccc43)nn2C2CCOC2)C1. The minimum absolute atomic E-state index is 0.0401. The molecule has 2 atom stereocenters. The maximum absolute atomic E-state index is 12.8. The number of fused-ring (bicyclic) bond motifs is 2. The maximum Gasteiger partial charge on any atom is 0.412 e. The van der Waals surface area contributed by atoms with Crippen molar-refractivity contribution in [2.75, 3.05) is 36.1 Å². The van der Waals surface area contributed by atoms with E-state index in [4.69, 9.17) is 9.84 Å². The summed E-state index contributed by atoms with van der Waals surface area (Å²) in [5.41, 5.74) is 5.03. The zero-order chi connectivity index (χ0) is 28.3. The molecule has 0 bridgehead atoms. The van der Waals surface area contributed by atoms with Gasteiger partial charge in [-0.15, -0.1) is 0 Å². The second-order valence-electron chi connectivity index (χ2n) is 12.2. The molecule has 1 saturated heterocycles. The highest BCUT2D eigenvalue weighted by Crippen LogP contribution is 2.47. The van der Waals surface area contributed by atoms with Crippen molar-refractivity contribution in [3.63, 3.8) is 0 Å². The lowest BCUT2D eigenvalue weighted by atomic mass is 9.83. The Morgan fingerprint density at radius 1 is 1.15 bits per heavy atom. The third-order valence-electron chi connectivity index (χ3n) is 8.45. The van der Waals surface area contributed by atoms with E-state index in [0.29, 0.717) is 38.5 Å². The highest BCUT2D eigenvalue weighted by atomic mass is 16.5. The molecule has 3 aliphatic heterocycles. The Morgan fingerprint density at radius 3 is 2.58 bits per heavy atom. The first kappa shape index (κ1) is 26.4. The van der Waals surface area contributed by atoms with E-state index in [1.807, 2.05) is 36.3 Å². The molecular weight excluding hydrogens is 510 g/mol. The number of hydrogen-bond donors (Lipinski definition) is 1. The molecule has 1 fully saturated rings. The summed E-state index contributed by atoms with van der Waals surface area (Å²) in [5.74, 6) is 0.834. The first-order valence-corrected chi connectivity index (χ1v) is 13.9. The number of carbonyl (C=O) groups excluding carboxylic acids is 1. The van der Waals surface area contributed by atoms with Gasteiger partial charge in [-0.2, -0.15) is 10.2 Å². The van der Waals surface area contributed by atoms with Crippen molar-refractivity contribution >= 4 is 29.2 Å². The molecule has 2 amide bonds. The van der Waals surface area contributed by atoms with Crippen LogP contribution in [0.25, 0.3) is 11.1 Å². The van der Waals surface area contributed by atoms with Crippen molar-refractivity contribution in [3.8, 4) is 11.1 Å². The maximum atomic E-state index is 12.8. The van der Waals surface area contributed by atoms with Crippen LogP contribution in [0.5, 0.6) is 0 Å². The van der Waals surface area contributed by atoms with Crippen molar-refractivity contribution in [1.82, 2.24) is 24.5 Å². The molecule has 0 spiro atoms. The van der Waals surface area contributed by atoms with Gasteiger partial charge in [-0.05, 0) is 29.5 Å². The van der Waals surface area contributed by atoms with Gasteiger partial charge < -0.3 is 19.6 Å². The van der Waals surface area contributed by atoms with Crippen LogP contribution in [0.1, 0.15) is 51.4 Å². The van der Waals surface area contributed by atoms with Crippen molar-refractivity contribution in [2.45, 2.75) is 59.2 Å². The summed E-state index contributed by atoms with van der Waals surface area (Å²) in [4.78, 5) is 30.8. The van der Waals surface area contributed by atoms with Crippen molar-refractivity contribution < 1.29 is 19.4 Å². The van der Waals surface area contributed by atoms with Crippen LogP contribution in [0.4, 0.5) is 22.0 Å². The summed E-state index contributed by atoms with van der Waals surface area (Å²) < 4.78 is 9.57. The fourth-order valence-electron chi connectivity index (χ4n) is 6.24. The van der Waals surface area contributed by atoms with Crippen molar-refractivity contribution in [3.05, 3.63) is 41.9 Å². The molecule has 212 valence electrons. The Morgan fingerprint density at radius 2 is 1.95 bits per heavy atom. The van der Waals surface area contributed by atoms with Gasteiger partial charge in [-0.3, -0.25) is 19.1 Å². The molecule has 0 saturated carbocycles. The summed E-state index contributed by atoms with van der Waals surface area (Å²) in [7, 11) is 1.86. The summed E-state index contributed by atoms with van der Waals surface area (Å²) >= 11 is 0. The van der Waals surface area contributed by atoms with Crippen LogP contribution in [0, 0.1) is 5.41 Å². The lowest BCUT2D eigenvalue weighted by Gasteiger charge is -2.47. The third-order valence-corrected chi connectivity index (χ3v) is 8.45. The number of aromatic nitrogens is 4. The number of carbonyl (C=O) groups is 2. The predicted octanol–water partition coefficient (Wildman–Crippen LogP) is 4.20. The van der Waals surface area contributed by atoms with E-state index in [9.17, 15) is 14.7 Å². The van der Waals surface area contributed by atoms with E-state index in [-0.39, 0.29) is 23.4 Å². The van der Waals surface area contributed by atoms with Gasteiger partial charge >= 0.3 is 6.09 Å². The van der Waals surface area contributed by atoms with E-state index in [1.54, 1.807) is 17.8 Å². The Hall–Kier alpha value is -3.86. The number of carboxylic acid groups (broad SMARTS) is 1. The summed E-state index contributed by atoms with van der Waals surface area (Å²) in [6.07, 6.45) is 4.34. The molecule has 0 radical (unpaired) electrons. The Kier molecular flexibility index (Phi) is 6.36. The van der Waals surface area contributed by atoms with Gasteiger partial charge in [0.2, 0.25) is 5.91 Å². The van der Waals surface area contributed by atoms with E-state index in [1.165, 1.54) is 4.90 Å². The largest absolute Gasteiger partial charge is 0.465 e. The lowest BCUT2D eigenvalue weighted by Crippen LogP contribution is -2.56. The van der Waals surface area contributed by atoms with Gasteiger partial charge in [0.05, 0.1) is 42.8 Å². The number of amides is 2. The van der Waals surface area contributed by atoms with Gasteiger partial charge in [0.1, 0.15) is 0 Å². The second-order valence-corrected chi connectivity index (χ2v) is 12.2. The van der Waals surface area contributed by atoms with Crippen LogP contribution in [-0.2, 0) is 29.5 Å². The van der Waals surface area contributed by atoms with E-state index >= 15 is 0 Å². The molecule has 3 aromatic rings. The highest BCUT2D eigenvalue weighted by molar-refractivity contribution is 5.96. The molecule has 6 rings (SSSR count). The van der Waals surface area contributed by atoms with Crippen LogP contribution in [-0.4, -0.2) is 73.9 Å². The van der Waals surface area contributed by atoms with Gasteiger partial charge in [0.15, 0.2) is 5.82 Å². The standard InChI is InChI=1S/C29H37N7O4/c1-18(37)33-10-8-23-22(15-33)27(31-36(23)21-9-11-40-17-21)34-16-26(29(2,3)4)35(28(38)39)25-12-19(6-7-24(25)34)20-13-30-32(5)14-20/h6-7,12-14,21,26H,8-11,15-17H2,1-5H3,(H,38,39). The number of hydrogen-bond acceptors (Lipinski definition) is 6. The monoisotopic (exact) mass is 547 g/mol. The van der Waals surface area contributed by atoms with Crippen LogP contribution >= 0.6 is 0 Å². The Bertz CT molecular complexity index is 1460. The summed E-state index contributed by atoms with van der Waals surface area (Å²) in [6.45, 7) is 10.7. The van der Waals surface area contributed by atoms with Crippen molar-refractivity contribution in [2.24, 2.45) is 12.5 Å². The number of anilines is 3. The van der Waals surface area contributed by atoms with Gasteiger partial charge in [0.25, 0.3) is 0 Å². The quantitative estimate of drug-likeness (QED) is 0.524. The normalized spacial score (nSPS) is 21.0. The van der Waals surface area contributed by atoms with Crippen LogP contribution in [0.2, 0.25) is 0 Å². The van der Waals surface area contributed by atoms with E-state index in [0.717, 1.165) is 46.7 Å². The van der Waals surface area contributed by atoms with Crippen LogP contribution in [0.15, 0.2) is 30.6 Å². The zero-order valence-electron chi connectivity index (χ0n) is 23.8. The van der Waals surface area contributed by atoms with Gasteiger partial charge in [0, 0.05) is 63.1 Å². The molecule has 0 aliphatic carbocycles. The molecule has 40 heavy (non-hydrogen) atoms. The minimum atomic E-state index is -0.984. The predicted molar refractivity (Wildman–Crippen MR) is 151 cm³/mol. The first-order chi connectivity index (χ1) is 19.0. The topological polar surface area (TPSA) is 109 Å². The van der Waals surface area contributed by atoms with Gasteiger partial charge in [-0.25, -0.2) is 4.79 Å². The zero-order valence-corrected chi connectivity index (χ0v) is 23.8. The Balaban J connectivity index is 1.54. The molecule has 11 heteroatoms. The second kappa shape index (κ2) is 9.65. The molecule has 1 N–H and O–H groups in total. The molecule has 3 aliphatic rings. The lowest BCUT2D eigenvalue weighted by molar-refractivity contribution is -0.129. The molecule has 11 nitrogen and oxygen atoms in total. The number of aryl methyl sites for hydroxylation is 1. The molecule has 1 aromatic carbocycles. The first-order valence-electron chi connectivity index (χ1n) is 13.9. The van der Waals surface area contributed by atoms with Crippen molar-refractivity contribution in [1.29, 1.82) is 0 Å². The average Bonchev–Trinajstić information content (AvgIpc) is 3.66. The Labute approximate surface area is 233 Å². The van der Waals surface area contributed by atoms with Crippen LogP contribution < -0.4 is 9.80 Å². The van der Waals surface area contributed by atoms with E-state index in [2.05, 4.69) is 35.5 Å². The van der Waals surface area contributed by atoms with Crippen LogP contribution in [0.3, 0.4) is 0 Å². The van der Waals surface area contributed by atoms with Gasteiger partial charge in [-0.1, -0.05) is 26.8 Å². The minimum Gasteiger partial charge on any atom is -0.465 e. The molecular formula is C29H37N7O4. The molecule has 2 aromatic heterocycles. The molecule has 5 heterocycles. The number of nitrogens with zero attached hydrogens (tertiary/aromatic N) is 7. The number of rotatable bonds is 3. The van der Waals surface area contributed by atoms with E-state index < -0.39 is 6.09 Å². The highest BCUT2D eigenvalue weighted by Gasteiger charge is 2.44. The summed E-state index contributed by atoms with van der Waals surface area (Å²) in [6, 6.07) is 5.75. The average molecular weight is 548 g/mol. The molecule has 2 unspecified atom stereocenters. The number of benzene rings is 1. The number of ether oxygens (including phenoxy) is 1. The smallest absolute Gasteiger partial charge is 0.412 e. The fraction of sp³-hybridized carbons (Fsp3) is 0.517. The fourth-order valence-corrected chi connectivity index (χ4v) is 6.24. The third kappa shape index (κ3) is 4.42. The summed E-state index contributed by atoms with van der Waals surface area (Å²) in [5, 5.41) is 20.0.